The molecule has 0 spiro atoms. The standard InChI is InChI=1S/C17H17N3O4/c1-11-9-15(20-24-11)19-17(22)16(21)18-8-4-6-13-10-12-5-2-3-7-14(12)23-13/h2-3,5,7,9-10H,4,6,8H2,1H3,(H,18,21)(H,19,20,22). The van der Waals surface area contributed by atoms with Gasteiger partial charge in [0.05, 0.1) is 0 Å². The van der Waals surface area contributed by atoms with Crippen LogP contribution in [0.1, 0.15) is 17.9 Å². The van der Waals surface area contributed by atoms with Crippen LogP contribution in [0.2, 0.25) is 0 Å². The van der Waals surface area contributed by atoms with Crippen LogP contribution in [0.4, 0.5) is 5.82 Å². The Bertz CT molecular complexity index is 832. The van der Waals surface area contributed by atoms with Crippen molar-refractivity contribution in [1.82, 2.24) is 10.5 Å². The molecule has 0 aliphatic carbocycles. The lowest BCUT2D eigenvalue weighted by Crippen LogP contribution is -2.36. The minimum Gasteiger partial charge on any atom is -0.461 e. The molecule has 3 rings (SSSR count). The number of anilines is 1. The van der Waals surface area contributed by atoms with E-state index >= 15 is 0 Å². The van der Waals surface area contributed by atoms with Crippen LogP contribution < -0.4 is 10.6 Å². The fourth-order valence-corrected chi connectivity index (χ4v) is 2.30. The van der Waals surface area contributed by atoms with Gasteiger partial charge in [0, 0.05) is 24.4 Å². The Kier molecular flexibility index (Phi) is 4.60. The predicted molar refractivity (Wildman–Crippen MR) is 87.4 cm³/mol. The number of aryl methyl sites for hydroxylation is 2. The van der Waals surface area contributed by atoms with E-state index in [-0.39, 0.29) is 5.82 Å². The fraction of sp³-hybridized carbons (Fsp3) is 0.235. The summed E-state index contributed by atoms with van der Waals surface area (Å²) < 4.78 is 10.5. The number of nitrogens with one attached hydrogen (secondary N) is 2. The summed E-state index contributed by atoms with van der Waals surface area (Å²) in [6.07, 6.45) is 1.35. The van der Waals surface area contributed by atoms with Crippen molar-refractivity contribution in [3.05, 3.63) is 47.9 Å². The molecule has 2 N–H and O–H groups in total. The number of rotatable bonds is 5. The third kappa shape index (κ3) is 3.81. The summed E-state index contributed by atoms with van der Waals surface area (Å²) in [5, 5.41) is 9.58. The molecule has 0 bridgehead atoms. The monoisotopic (exact) mass is 327 g/mol. The normalized spacial score (nSPS) is 10.7. The number of benzene rings is 1. The van der Waals surface area contributed by atoms with E-state index < -0.39 is 11.8 Å². The maximum Gasteiger partial charge on any atom is 0.314 e. The van der Waals surface area contributed by atoms with Crippen molar-refractivity contribution in [1.29, 1.82) is 0 Å². The van der Waals surface area contributed by atoms with E-state index in [4.69, 9.17) is 8.94 Å². The Morgan fingerprint density at radius 2 is 2.00 bits per heavy atom. The van der Waals surface area contributed by atoms with Crippen LogP contribution in [-0.4, -0.2) is 23.5 Å². The molecule has 7 nitrogen and oxygen atoms in total. The van der Waals surface area contributed by atoms with Crippen molar-refractivity contribution in [3.8, 4) is 0 Å². The lowest BCUT2D eigenvalue weighted by molar-refractivity contribution is -0.136. The molecule has 2 aromatic heterocycles. The van der Waals surface area contributed by atoms with Gasteiger partial charge in [0.25, 0.3) is 0 Å². The highest BCUT2D eigenvalue weighted by Gasteiger charge is 2.15. The second kappa shape index (κ2) is 6.99. The van der Waals surface area contributed by atoms with Crippen molar-refractivity contribution in [2.45, 2.75) is 19.8 Å². The number of nitrogens with zero attached hydrogens (tertiary/aromatic N) is 1. The molecule has 0 fully saturated rings. The van der Waals surface area contributed by atoms with Crippen LogP contribution >= 0.6 is 0 Å². The smallest absolute Gasteiger partial charge is 0.314 e. The summed E-state index contributed by atoms with van der Waals surface area (Å²) in [7, 11) is 0. The summed E-state index contributed by atoms with van der Waals surface area (Å²) in [4.78, 5) is 23.4. The van der Waals surface area contributed by atoms with Gasteiger partial charge in [0.2, 0.25) is 0 Å². The van der Waals surface area contributed by atoms with Crippen molar-refractivity contribution < 1.29 is 18.5 Å². The van der Waals surface area contributed by atoms with Crippen LogP contribution in [-0.2, 0) is 16.0 Å². The van der Waals surface area contributed by atoms with E-state index in [1.54, 1.807) is 6.92 Å². The molecule has 0 saturated carbocycles. The first kappa shape index (κ1) is 15.8. The van der Waals surface area contributed by atoms with Crippen molar-refractivity contribution in [2.24, 2.45) is 0 Å². The molecule has 2 heterocycles. The third-order valence-electron chi connectivity index (χ3n) is 3.44. The number of fused-ring (bicyclic) bond motifs is 1. The minimum atomic E-state index is -0.771. The zero-order chi connectivity index (χ0) is 16.9. The molecular formula is C17H17N3O4. The van der Waals surface area contributed by atoms with Crippen LogP contribution in [0.3, 0.4) is 0 Å². The molecule has 0 aliphatic rings. The highest BCUT2D eigenvalue weighted by atomic mass is 16.5. The number of amides is 2. The molecule has 0 unspecified atom stereocenters. The molecule has 0 saturated heterocycles. The minimum absolute atomic E-state index is 0.218. The van der Waals surface area contributed by atoms with Gasteiger partial charge in [-0.1, -0.05) is 23.4 Å². The van der Waals surface area contributed by atoms with Gasteiger partial charge in [0.1, 0.15) is 17.1 Å². The highest BCUT2D eigenvalue weighted by Crippen LogP contribution is 2.19. The first-order valence-corrected chi connectivity index (χ1v) is 7.62. The summed E-state index contributed by atoms with van der Waals surface area (Å²) in [5.41, 5.74) is 0.846. The van der Waals surface area contributed by atoms with Gasteiger partial charge in [0.15, 0.2) is 5.82 Å². The summed E-state index contributed by atoms with van der Waals surface area (Å²) in [6.45, 7) is 2.07. The Morgan fingerprint density at radius 1 is 1.17 bits per heavy atom. The van der Waals surface area contributed by atoms with Gasteiger partial charge >= 0.3 is 11.8 Å². The lowest BCUT2D eigenvalue weighted by atomic mass is 10.2. The largest absolute Gasteiger partial charge is 0.461 e. The van der Waals surface area contributed by atoms with Crippen LogP contribution in [0.5, 0.6) is 0 Å². The summed E-state index contributed by atoms with van der Waals surface area (Å²) in [6, 6.07) is 11.3. The predicted octanol–water partition coefficient (Wildman–Crippen LogP) is 2.42. The molecule has 2 amide bonds. The Balaban J connectivity index is 1.42. The highest BCUT2D eigenvalue weighted by molar-refractivity contribution is 6.39. The average molecular weight is 327 g/mol. The molecule has 3 aromatic rings. The first-order valence-electron chi connectivity index (χ1n) is 7.62. The Labute approximate surface area is 138 Å². The zero-order valence-corrected chi connectivity index (χ0v) is 13.2. The van der Waals surface area contributed by atoms with E-state index in [9.17, 15) is 9.59 Å². The number of furan rings is 1. The second-order valence-corrected chi connectivity index (χ2v) is 5.39. The van der Waals surface area contributed by atoms with Gasteiger partial charge < -0.3 is 14.3 Å². The molecule has 24 heavy (non-hydrogen) atoms. The van der Waals surface area contributed by atoms with Crippen LogP contribution in [0.25, 0.3) is 11.0 Å². The number of hydrogen-bond acceptors (Lipinski definition) is 5. The van der Waals surface area contributed by atoms with Gasteiger partial charge in [-0.2, -0.15) is 0 Å². The molecule has 0 radical (unpaired) electrons. The van der Waals surface area contributed by atoms with Crippen molar-refractivity contribution in [2.75, 3.05) is 11.9 Å². The average Bonchev–Trinajstić information content (AvgIpc) is 3.16. The van der Waals surface area contributed by atoms with Crippen LogP contribution in [0.15, 0.2) is 45.3 Å². The molecule has 0 atom stereocenters. The van der Waals surface area contributed by atoms with E-state index in [1.165, 1.54) is 6.07 Å². The number of aromatic nitrogens is 1. The molecular weight excluding hydrogens is 310 g/mol. The SMILES string of the molecule is Cc1cc(NC(=O)C(=O)NCCCc2cc3ccccc3o2)no1. The number of para-hydroxylation sites is 1. The summed E-state index contributed by atoms with van der Waals surface area (Å²) >= 11 is 0. The summed E-state index contributed by atoms with van der Waals surface area (Å²) in [5.74, 6) is 0.145. The maximum absolute atomic E-state index is 11.7. The second-order valence-electron chi connectivity index (χ2n) is 5.39. The molecule has 7 heteroatoms. The number of carbonyl (C=O) groups is 2. The van der Waals surface area contributed by atoms with Gasteiger partial charge in [-0.25, -0.2) is 0 Å². The third-order valence-corrected chi connectivity index (χ3v) is 3.44. The Hall–Kier alpha value is -3.09. The van der Waals surface area contributed by atoms with Crippen molar-refractivity contribution in [3.63, 3.8) is 0 Å². The van der Waals surface area contributed by atoms with Gasteiger partial charge in [-0.05, 0) is 25.5 Å². The van der Waals surface area contributed by atoms with Gasteiger partial charge in [-0.15, -0.1) is 0 Å². The quantitative estimate of drug-likeness (QED) is 0.554. The maximum atomic E-state index is 11.7. The van der Waals surface area contributed by atoms with Crippen molar-refractivity contribution >= 4 is 28.6 Å². The van der Waals surface area contributed by atoms with Gasteiger partial charge in [-0.3, -0.25) is 14.9 Å². The number of carbonyl (C=O) groups excluding carboxylic acids is 2. The fourth-order valence-electron chi connectivity index (χ4n) is 2.30. The van der Waals surface area contributed by atoms with E-state index in [0.29, 0.717) is 25.1 Å². The zero-order valence-electron chi connectivity index (χ0n) is 13.2. The van der Waals surface area contributed by atoms with E-state index in [0.717, 1.165) is 16.7 Å². The Morgan fingerprint density at radius 3 is 2.75 bits per heavy atom. The molecule has 1 aromatic carbocycles. The van der Waals surface area contributed by atoms with E-state index in [1.807, 2.05) is 30.3 Å². The lowest BCUT2D eigenvalue weighted by Gasteiger charge is -2.03. The number of hydrogen-bond donors (Lipinski definition) is 2. The molecule has 124 valence electrons. The molecule has 0 aliphatic heterocycles. The topological polar surface area (TPSA) is 97.4 Å². The first-order chi connectivity index (χ1) is 11.6. The van der Waals surface area contributed by atoms with E-state index in [2.05, 4.69) is 15.8 Å². The van der Waals surface area contributed by atoms with Crippen LogP contribution in [0, 0.1) is 6.92 Å².